The van der Waals surface area contributed by atoms with E-state index in [9.17, 15) is 0 Å². The van der Waals surface area contributed by atoms with Crippen molar-refractivity contribution in [2.75, 3.05) is 26.4 Å². The zero-order valence-electron chi connectivity index (χ0n) is 12.5. The van der Waals surface area contributed by atoms with Crippen molar-refractivity contribution in [3.05, 3.63) is 35.5 Å². The van der Waals surface area contributed by atoms with Crippen LogP contribution in [0.25, 0.3) is 10.9 Å². The minimum Gasteiger partial charge on any atom is -0.339 e. The number of pyridine rings is 1. The van der Waals surface area contributed by atoms with Crippen LogP contribution in [0.3, 0.4) is 0 Å². The van der Waals surface area contributed by atoms with Gasteiger partial charge in [0.05, 0.1) is 26.0 Å². The predicted octanol–water partition coefficient (Wildman–Crippen LogP) is 1.77. The molecule has 1 aliphatic rings. The van der Waals surface area contributed by atoms with E-state index in [4.69, 9.17) is 0 Å². The van der Waals surface area contributed by atoms with Crippen LogP contribution in [0.5, 0.6) is 0 Å². The zero-order chi connectivity index (χ0) is 13.9. The first-order valence-electron chi connectivity index (χ1n) is 7.63. The van der Waals surface area contributed by atoms with E-state index in [2.05, 4.69) is 55.1 Å². The number of rotatable bonds is 4. The second kappa shape index (κ2) is 6.15. The van der Waals surface area contributed by atoms with Crippen LogP contribution in [0, 0.1) is 0 Å². The average Bonchev–Trinajstić information content (AvgIpc) is 2.46. The van der Waals surface area contributed by atoms with E-state index in [1.165, 1.54) is 64.4 Å². The highest BCUT2D eigenvalue weighted by Crippen LogP contribution is 2.34. The van der Waals surface area contributed by atoms with E-state index < -0.39 is 0 Å². The Morgan fingerprint density at radius 3 is 2.80 bits per heavy atom. The topological polar surface area (TPSA) is 18.6 Å². The number of benzene rings is 1. The Hall–Kier alpha value is -1.06. The zero-order valence-corrected chi connectivity index (χ0v) is 13.3. The van der Waals surface area contributed by atoms with E-state index in [0.717, 1.165) is 0 Å². The highest BCUT2D eigenvalue weighted by molar-refractivity contribution is 7.99. The summed E-state index contributed by atoms with van der Waals surface area (Å²) in [6.45, 7) is 1.21. The third kappa shape index (κ3) is 2.84. The fourth-order valence-corrected chi connectivity index (χ4v) is 4.38. The fourth-order valence-electron chi connectivity index (χ4n) is 2.93. The lowest BCUT2D eigenvalue weighted by atomic mass is 9.94. The maximum absolute atomic E-state index is 3.67. The maximum atomic E-state index is 3.67. The molecule has 20 heavy (non-hydrogen) atoms. The number of hydrogen-bond acceptors (Lipinski definition) is 1. The molecule has 0 spiro atoms. The van der Waals surface area contributed by atoms with Gasteiger partial charge in [0.25, 0.3) is 0 Å². The Labute approximate surface area is 125 Å². The van der Waals surface area contributed by atoms with E-state index in [-0.39, 0.29) is 0 Å². The molecule has 1 heterocycles. The third-order valence-corrected chi connectivity index (χ3v) is 5.21. The van der Waals surface area contributed by atoms with Crippen molar-refractivity contribution in [1.82, 2.24) is 0 Å². The molecular weight excluding hydrogens is 264 g/mol. The summed E-state index contributed by atoms with van der Waals surface area (Å²) < 4.78 is 0. The molecule has 3 rings (SSSR count). The molecule has 1 aliphatic carbocycles. The number of quaternary nitrogens is 1. The second-order valence-corrected chi connectivity index (χ2v) is 7.07. The first-order chi connectivity index (χ1) is 9.75. The van der Waals surface area contributed by atoms with Crippen LogP contribution in [0.4, 0.5) is 0 Å². The van der Waals surface area contributed by atoms with Crippen molar-refractivity contribution in [3.8, 4) is 0 Å². The molecule has 3 heteroatoms. The molecule has 1 aromatic carbocycles. The highest BCUT2D eigenvalue weighted by atomic mass is 32.2. The predicted molar refractivity (Wildman–Crippen MR) is 85.5 cm³/mol. The van der Waals surface area contributed by atoms with Gasteiger partial charge in [0, 0.05) is 28.7 Å². The summed E-state index contributed by atoms with van der Waals surface area (Å²) >= 11 is 2.05. The number of thioether (sulfide) groups is 1. The van der Waals surface area contributed by atoms with Crippen LogP contribution in [0.1, 0.15) is 24.1 Å². The van der Waals surface area contributed by atoms with Crippen molar-refractivity contribution >= 4 is 22.7 Å². The molecule has 0 fully saturated rings. The molecule has 0 saturated heterocycles. The number of aryl methyl sites for hydroxylation is 1. The molecule has 2 N–H and O–H groups in total. The van der Waals surface area contributed by atoms with Gasteiger partial charge < -0.3 is 4.90 Å². The molecule has 0 aliphatic heterocycles. The van der Waals surface area contributed by atoms with Gasteiger partial charge in [-0.15, -0.1) is 11.8 Å². The molecule has 0 saturated carbocycles. The van der Waals surface area contributed by atoms with Gasteiger partial charge in [0.2, 0.25) is 5.52 Å². The van der Waals surface area contributed by atoms with E-state index >= 15 is 0 Å². The Morgan fingerprint density at radius 2 is 1.95 bits per heavy atom. The first-order valence-corrected chi connectivity index (χ1v) is 8.62. The van der Waals surface area contributed by atoms with E-state index in [1.54, 1.807) is 5.56 Å². The number of aromatic amines is 1. The maximum Gasteiger partial charge on any atom is 0.212 e. The molecule has 0 atom stereocenters. The second-order valence-electron chi connectivity index (χ2n) is 5.97. The lowest BCUT2D eigenvalue weighted by Crippen LogP contribution is -3.06. The SMILES string of the molecule is C[NH+](C)CCSc1c2c([nH+]c3ccccc13)CCCC2. The lowest BCUT2D eigenvalue weighted by Gasteiger charge is -2.16. The monoisotopic (exact) mass is 288 g/mol. The number of aromatic nitrogens is 1. The van der Waals surface area contributed by atoms with Gasteiger partial charge in [-0.3, -0.25) is 0 Å². The smallest absolute Gasteiger partial charge is 0.212 e. The first kappa shape index (κ1) is 13.9. The number of fused-ring (bicyclic) bond motifs is 2. The van der Waals surface area contributed by atoms with Gasteiger partial charge in [-0.2, -0.15) is 0 Å². The summed E-state index contributed by atoms with van der Waals surface area (Å²) in [4.78, 5) is 6.73. The molecule has 1 aromatic heterocycles. The molecule has 0 amide bonds. The van der Waals surface area contributed by atoms with Crippen LogP contribution in [0.2, 0.25) is 0 Å². The molecule has 2 aromatic rings. The molecule has 106 valence electrons. The largest absolute Gasteiger partial charge is 0.339 e. The minimum absolute atomic E-state index is 1.20. The van der Waals surface area contributed by atoms with Gasteiger partial charge in [-0.05, 0) is 25.3 Å². The minimum atomic E-state index is 1.20. The van der Waals surface area contributed by atoms with Gasteiger partial charge in [0.15, 0.2) is 5.69 Å². The molecule has 2 nitrogen and oxygen atoms in total. The van der Waals surface area contributed by atoms with Crippen molar-refractivity contribution < 1.29 is 9.88 Å². The lowest BCUT2D eigenvalue weighted by molar-refractivity contribution is -0.855. The van der Waals surface area contributed by atoms with E-state index in [1.807, 2.05) is 0 Å². The van der Waals surface area contributed by atoms with Gasteiger partial charge in [0.1, 0.15) is 0 Å². The summed E-state index contributed by atoms with van der Waals surface area (Å²) in [5, 5.41) is 1.41. The van der Waals surface area contributed by atoms with E-state index in [0.29, 0.717) is 0 Å². The van der Waals surface area contributed by atoms with Crippen molar-refractivity contribution in [2.24, 2.45) is 0 Å². The highest BCUT2D eigenvalue weighted by Gasteiger charge is 2.22. The number of H-pyrrole nitrogens is 1. The van der Waals surface area contributed by atoms with Crippen LogP contribution in [-0.2, 0) is 12.8 Å². The summed E-state index contributed by atoms with van der Waals surface area (Å²) in [6.07, 6.45) is 5.12. The van der Waals surface area contributed by atoms with Crippen LogP contribution in [-0.4, -0.2) is 26.4 Å². The summed E-state index contributed by atoms with van der Waals surface area (Å²) in [7, 11) is 4.46. The fraction of sp³-hybridized carbons (Fsp3) is 0.471. The van der Waals surface area contributed by atoms with Gasteiger partial charge >= 0.3 is 0 Å². The Balaban J connectivity index is 2.01. The molecule has 0 bridgehead atoms. The van der Waals surface area contributed by atoms with Crippen LogP contribution in [0.15, 0.2) is 29.2 Å². The Kier molecular flexibility index (Phi) is 4.27. The van der Waals surface area contributed by atoms with Crippen LogP contribution >= 0.6 is 11.8 Å². The molecule has 0 radical (unpaired) electrons. The van der Waals surface area contributed by atoms with Gasteiger partial charge in [-0.25, -0.2) is 4.98 Å². The van der Waals surface area contributed by atoms with Crippen molar-refractivity contribution in [2.45, 2.75) is 30.6 Å². The third-order valence-electron chi connectivity index (χ3n) is 4.05. The summed E-state index contributed by atoms with van der Waals surface area (Å²) in [5.41, 5.74) is 4.37. The summed E-state index contributed by atoms with van der Waals surface area (Å²) in [5.74, 6) is 1.20. The molecule has 0 unspecified atom stereocenters. The quantitative estimate of drug-likeness (QED) is 0.849. The van der Waals surface area contributed by atoms with Crippen molar-refractivity contribution in [3.63, 3.8) is 0 Å². The summed E-state index contributed by atoms with van der Waals surface area (Å²) in [6, 6.07) is 8.77. The van der Waals surface area contributed by atoms with Crippen LogP contribution < -0.4 is 9.88 Å². The number of nitrogens with one attached hydrogen (secondary N) is 2. The molecular formula is C17H24N2S+2. The number of para-hydroxylation sites is 1. The normalized spacial score (nSPS) is 14.8. The standard InChI is InChI=1S/C17H22N2S/c1-19(2)11-12-20-17-13-7-3-5-9-15(13)18-16-10-6-4-8-14(16)17/h3,5,7,9H,4,6,8,10-12H2,1-2H3/p+2. The van der Waals surface area contributed by atoms with Gasteiger partial charge in [-0.1, -0.05) is 12.1 Å². The Morgan fingerprint density at radius 1 is 1.15 bits per heavy atom. The Bertz CT molecular complexity index is 607. The number of hydrogen-bond donors (Lipinski definition) is 1. The average molecular weight is 288 g/mol. The van der Waals surface area contributed by atoms with Crippen molar-refractivity contribution in [1.29, 1.82) is 0 Å².